The highest BCUT2D eigenvalue weighted by Crippen LogP contribution is 2.17. The van der Waals surface area contributed by atoms with E-state index in [0.717, 1.165) is 6.04 Å². The zero-order valence-electron chi connectivity index (χ0n) is 11.6. The zero-order valence-corrected chi connectivity index (χ0v) is 12.6. The van der Waals surface area contributed by atoms with Crippen LogP contribution in [0.2, 0.25) is 25.7 Å². The molecule has 1 aromatic carbocycles. The van der Waals surface area contributed by atoms with E-state index in [-0.39, 0.29) is 11.4 Å². The molecule has 7 nitrogen and oxygen atoms in total. The van der Waals surface area contributed by atoms with Gasteiger partial charge in [0.15, 0.2) is 0 Å². The van der Waals surface area contributed by atoms with E-state index in [2.05, 4.69) is 24.5 Å². The fourth-order valence-electron chi connectivity index (χ4n) is 1.19. The van der Waals surface area contributed by atoms with Crippen LogP contribution in [0.3, 0.4) is 0 Å². The van der Waals surface area contributed by atoms with Crippen molar-refractivity contribution in [2.45, 2.75) is 25.7 Å². The molecule has 0 radical (unpaired) electrons. The number of nitro benzene ring substituents is 1. The van der Waals surface area contributed by atoms with E-state index >= 15 is 0 Å². The highest BCUT2D eigenvalue weighted by molar-refractivity contribution is 6.76. The van der Waals surface area contributed by atoms with Gasteiger partial charge < -0.3 is 4.74 Å². The molecule has 0 aliphatic rings. The van der Waals surface area contributed by atoms with Crippen molar-refractivity contribution in [3.63, 3.8) is 0 Å². The Morgan fingerprint density at radius 1 is 1.25 bits per heavy atom. The van der Waals surface area contributed by atoms with Crippen molar-refractivity contribution in [2.75, 3.05) is 6.61 Å². The van der Waals surface area contributed by atoms with Gasteiger partial charge in [-0.1, -0.05) is 19.6 Å². The lowest BCUT2D eigenvalue weighted by atomic mass is 10.3. The summed E-state index contributed by atoms with van der Waals surface area (Å²) in [6, 6.07) is 5.93. The molecule has 0 aliphatic heterocycles. The largest absolute Gasteiger partial charge is 0.546 e. The summed E-state index contributed by atoms with van der Waals surface area (Å²) in [5.74, 6) is 0.148. The minimum atomic E-state index is -1.24. The topological polar surface area (TPSA) is 87.9 Å². The molecule has 0 fully saturated rings. The fraction of sp³-hybridized carbons (Fsp3) is 0.417. The van der Waals surface area contributed by atoms with E-state index in [1.54, 1.807) is 0 Å². The van der Waals surface area contributed by atoms with Crippen LogP contribution in [0.15, 0.2) is 24.3 Å². The van der Waals surface area contributed by atoms with Crippen molar-refractivity contribution in [3.8, 4) is 5.75 Å². The number of hydrogen-bond donors (Lipinski definition) is 0. The Hall–Kier alpha value is -1.93. The number of rotatable bonds is 6. The summed E-state index contributed by atoms with van der Waals surface area (Å²) in [6.07, 6.45) is -1.01. The average molecular weight is 299 g/mol. The van der Waals surface area contributed by atoms with Crippen LogP contribution in [0.1, 0.15) is 0 Å². The minimum Gasteiger partial charge on any atom is -0.393 e. The number of carbonyl (C=O) groups excluding carboxylic acids is 1. The van der Waals surface area contributed by atoms with E-state index in [1.807, 2.05) is 0 Å². The average Bonchev–Trinajstić information content (AvgIpc) is 2.34. The minimum absolute atomic E-state index is 0.0860. The molecule has 0 saturated heterocycles. The Morgan fingerprint density at radius 2 is 1.85 bits per heavy atom. The Kier molecular flexibility index (Phi) is 5.65. The SMILES string of the molecule is C[Si](C)(C)CCOOC(=O)Oc1ccc([N+](=O)[O-])cc1. The number of nitro groups is 1. The monoisotopic (exact) mass is 299 g/mol. The van der Waals surface area contributed by atoms with Gasteiger partial charge in [0, 0.05) is 20.2 Å². The van der Waals surface area contributed by atoms with E-state index in [1.165, 1.54) is 24.3 Å². The van der Waals surface area contributed by atoms with Gasteiger partial charge in [0.2, 0.25) is 0 Å². The Bertz CT molecular complexity index is 468. The van der Waals surface area contributed by atoms with Gasteiger partial charge in [-0.05, 0) is 18.2 Å². The Balaban J connectivity index is 2.33. The van der Waals surface area contributed by atoms with Gasteiger partial charge >= 0.3 is 6.16 Å². The van der Waals surface area contributed by atoms with Crippen LogP contribution >= 0.6 is 0 Å². The highest BCUT2D eigenvalue weighted by atomic mass is 28.3. The number of nitrogens with zero attached hydrogens (tertiary/aromatic N) is 1. The Labute approximate surface area is 117 Å². The maximum Gasteiger partial charge on any atom is 0.546 e. The lowest BCUT2D eigenvalue weighted by Gasteiger charge is -2.14. The summed E-state index contributed by atoms with van der Waals surface area (Å²) >= 11 is 0. The van der Waals surface area contributed by atoms with E-state index < -0.39 is 19.2 Å². The van der Waals surface area contributed by atoms with Gasteiger partial charge in [-0.3, -0.25) is 15.0 Å². The van der Waals surface area contributed by atoms with Crippen molar-refractivity contribution < 1.29 is 24.2 Å². The van der Waals surface area contributed by atoms with Crippen LogP contribution < -0.4 is 4.74 Å². The van der Waals surface area contributed by atoms with Crippen molar-refractivity contribution in [1.29, 1.82) is 0 Å². The second-order valence-electron chi connectivity index (χ2n) is 5.32. The van der Waals surface area contributed by atoms with Gasteiger partial charge in [-0.15, -0.1) is 0 Å². The first-order chi connectivity index (χ1) is 9.28. The summed E-state index contributed by atoms with van der Waals surface area (Å²) < 4.78 is 4.78. The first kappa shape index (κ1) is 16.1. The maximum absolute atomic E-state index is 11.3. The third-order valence-corrected chi connectivity index (χ3v) is 4.02. The van der Waals surface area contributed by atoms with Gasteiger partial charge in [-0.2, -0.15) is 4.89 Å². The van der Waals surface area contributed by atoms with Crippen LogP contribution in [0, 0.1) is 10.1 Å². The van der Waals surface area contributed by atoms with Crippen molar-refractivity contribution >= 4 is 19.9 Å². The third kappa shape index (κ3) is 6.30. The molecule has 110 valence electrons. The van der Waals surface area contributed by atoms with E-state index in [4.69, 9.17) is 9.62 Å². The summed E-state index contributed by atoms with van der Waals surface area (Å²) in [6.45, 7) is 6.84. The van der Waals surface area contributed by atoms with Crippen LogP contribution in [-0.2, 0) is 9.78 Å². The number of ether oxygens (including phenoxy) is 1. The number of non-ortho nitro benzene ring substituents is 1. The van der Waals surface area contributed by atoms with Gasteiger partial charge in [0.25, 0.3) is 5.69 Å². The number of carbonyl (C=O) groups is 1. The first-order valence-electron chi connectivity index (χ1n) is 6.04. The smallest absolute Gasteiger partial charge is 0.393 e. The van der Waals surface area contributed by atoms with E-state index in [0.29, 0.717) is 6.61 Å². The van der Waals surface area contributed by atoms with Crippen molar-refractivity contribution in [3.05, 3.63) is 34.4 Å². The van der Waals surface area contributed by atoms with Crippen LogP contribution in [0.5, 0.6) is 5.75 Å². The van der Waals surface area contributed by atoms with Crippen molar-refractivity contribution in [2.24, 2.45) is 0 Å². The van der Waals surface area contributed by atoms with Crippen molar-refractivity contribution in [1.82, 2.24) is 0 Å². The molecular weight excluding hydrogens is 282 g/mol. The molecule has 0 bridgehead atoms. The first-order valence-corrected chi connectivity index (χ1v) is 9.74. The third-order valence-electron chi connectivity index (χ3n) is 2.31. The van der Waals surface area contributed by atoms with Crippen LogP contribution in [0.25, 0.3) is 0 Å². The number of hydrogen-bond acceptors (Lipinski definition) is 6. The standard InChI is InChI=1S/C12H17NO6Si/c1-20(2,3)9-8-17-19-12(14)18-11-6-4-10(5-7-11)13(15)16/h4-7H,8-9H2,1-3H3. The molecule has 0 N–H and O–H groups in total. The molecule has 1 rings (SSSR count). The molecule has 0 unspecified atom stereocenters. The van der Waals surface area contributed by atoms with Crippen LogP contribution in [-0.4, -0.2) is 25.8 Å². The summed E-state index contributed by atoms with van der Waals surface area (Å²) in [5.41, 5.74) is -0.0860. The normalized spacial score (nSPS) is 10.9. The quantitative estimate of drug-likeness (QED) is 0.152. The van der Waals surface area contributed by atoms with Crippen LogP contribution in [0.4, 0.5) is 10.5 Å². The molecule has 0 atom stereocenters. The summed E-state index contributed by atoms with van der Waals surface area (Å²) in [5, 5.41) is 10.4. The molecule has 8 heteroatoms. The molecular formula is C12H17NO6Si. The predicted molar refractivity (Wildman–Crippen MR) is 74.3 cm³/mol. The lowest BCUT2D eigenvalue weighted by Crippen LogP contribution is -2.22. The second kappa shape index (κ2) is 7.01. The maximum atomic E-state index is 11.3. The predicted octanol–water partition coefficient (Wildman–Crippen LogP) is 3.38. The molecule has 0 heterocycles. The van der Waals surface area contributed by atoms with Gasteiger partial charge in [0.1, 0.15) is 5.75 Å². The molecule has 0 spiro atoms. The van der Waals surface area contributed by atoms with Gasteiger partial charge in [-0.25, -0.2) is 4.79 Å². The Morgan fingerprint density at radius 3 is 2.35 bits per heavy atom. The fourth-order valence-corrected chi connectivity index (χ4v) is 1.88. The summed E-state index contributed by atoms with van der Waals surface area (Å²) in [4.78, 5) is 30.4. The molecule has 0 saturated carbocycles. The molecule has 20 heavy (non-hydrogen) atoms. The molecule has 1 aromatic rings. The summed E-state index contributed by atoms with van der Waals surface area (Å²) in [7, 11) is -1.24. The molecule has 0 aliphatic carbocycles. The van der Waals surface area contributed by atoms with E-state index in [9.17, 15) is 14.9 Å². The number of benzene rings is 1. The highest BCUT2D eigenvalue weighted by Gasteiger charge is 2.14. The van der Waals surface area contributed by atoms with Gasteiger partial charge in [0.05, 0.1) is 11.5 Å². The zero-order chi connectivity index (χ0) is 15.2. The lowest BCUT2D eigenvalue weighted by molar-refractivity contribution is -0.384. The molecule has 0 amide bonds. The second-order valence-corrected chi connectivity index (χ2v) is 10.9. The molecule has 0 aromatic heterocycles.